The molecule has 7 nitrogen and oxygen atoms in total. The second kappa shape index (κ2) is 14.2. The molecule has 0 bridgehead atoms. The molecule has 0 spiro atoms. The Morgan fingerprint density at radius 2 is 1.20 bits per heavy atom. The molecule has 0 aliphatic carbocycles. The summed E-state index contributed by atoms with van der Waals surface area (Å²) >= 11 is 0. The van der Waals surface area contributed by atoms with Gasteiger partial charge in [0.05, 0.1) is 54.4 Å². The SMILES string of the molecule is CCCCCC[N+](C)(CCCCC)CCC[Si](O)(O)OCC(CO)(CO)[N+](C)(C)C. The number of hydrogen-bond donors (Lipinski definition) is 4. The Bertz CT molecular complexity index is 442. The van der Waals surface area contributed by atoms with E-state index < -0.39 is 14.3 Å². The van der Waals surface area contributed by atoms with Crippen molar-refractivity contribution in [3.63, 3.8) is 0 Å². The molecule has 0 fully saturated rings. The maximum absolute atomic E-state index is 10.5. The van der Waals surface area contributed by atoms with Gasteiger partial charge in [-0.15, -0.1) is 0 Å². The Morgan fingerprint density at radius 3 is 1.67 bits per heavy atom. The minimum Gasteiger partial charge on any atom is -0.390 e. The van der Waals surface area contributed by atoms with Gasteiger partial charge in [0.15, 0.2) is 5.54 Å². The van der Waals surface area contributed by atoms with Gasteiger partial charge < -0.3 is 33.2 Å². The first-order chi connectivity index (χ1) is 13.9. The van der Waals surface area contributed by atoms with E-state index in [0.717, 1.165) is 24.1 Å². The first-order valence-electron chi connectivity index (χ1n) is 11.9. The van der Waals surface area contributed by atoms with Crippen molar-refractivity contribution in [3.05, 3.63) is 0 Å². The van der Waals surface area contributed by atoms with Crippen LogP contribution in [-0.4, -0.2) is 111 Å². The van der Waals surface area contributed by atoms with E-state index in [1.54, 1.807) is 0 Å². The summed E-state index contributed by atoms with van der Waals surface area (Å²) in [4.78, 5) is 21.0. The summed E-state index contributed by atoms with van der Waals surface area (Å²) in [6.45, 7) is 6.96. The van der Waals surface area contributed by atoms with Crippen molar-refractivity contribution >= 4 is 8.80 Å². The van der Waals surface area contributed by atoms with Gasteiger partial charge in [-0.05, 0) is 25.7 Å². The molecule has 0 aliphatic rings. The van der Waals surface area contributed by atoms with Gasteiger partial charge in [-0.1, -0.05) is 33.1 Å². The van der Waals surface area contributed by atoms with Crippen LogP contribution in [0.25, 0.3) is 0 Å². The van der Waals surface area contributed by atoms with Gasteiger partial charge in [0.1, 0.15) is 13.2 Å². The zero-order valence-electron chi connectivity index (χ0n) is 20.7. The van der Waals surface area contributed by atoms with Crippen molar-refractivity contribution in [3.8, 4) is 0 Å². The van der Waals surface area contributed by atoms with Gasteiger partial charge in [-0.25, -0.2) is 0 Å². The molecule has 0 aromatic rings. The molecular weight excluding hydrogens is 400 g/mol. The van der Waals surface area contributed by atoms with Crippen LogP contribution in [0.3, 0.4) is 0 Å². The van der Waals surface area contributed by atoms with E-state index in [1.807, 2.05) is 21.1 Å². The molecule has 0 aromatic heterocycles. The van der Waals surface area contributed by atoms with E-state index in [4.69, 9.17) is 4.43 Å². The number of likely N-dealkylation sites (N-methyl/N-ethyl adjacent to an activating group) is 1. The predicted molar refractivity (Wildman–Crippen MR) is 125 cm³/mol. The molecule has 8 heteroatoms. The molecule has 182 valence electrons. The number of nitrogens with zero attached hydrogens (tertiary/aromatic N) is 2. The summed E-state index contributed by atoms with van der Waals surface area (Å²) in [6, 6.07) is 0.244. The topological polar surface area (TPSA) is 90.2 Å². The van der Waals surface area contributed by atoms with Gasteiger partial charge >= 0.3 is 8.80 Å². The fourth-order valence-corrected chi connectivity index (χ4v) is 5.03. The highest BCUT2D eigenvalue weighted by molar-refractivity contribution is 6.57. The van der Waals surface area contributed by atoms with E-state index in [0.29, 0.717) is 6.42 Å². The van der Waals surface area contributed by atoms with Crippen LogP contribution >= 0.6 is 0 Å². The van der Waals surface area contributed by atoms with Crippen molar-refractivity contribution in [2.75, 3.05) is 67.6 Å². The second-order valence-corrected chi connectivity index (χ2v) is 12.5. The summed E-state index contributed by atoms with van der Waals surface area (Å²) in [5.74, 6) is 0. The molecule has 0 amide bonds. The number of aliphatic hydroxyl groups is 2. The molecule has 0 saturated carbocycles. The maximum atomic E-state index is 10.5. The third-order valence-corrected chi connectivity index (χ3v) is 8.25. The van der Waals surface area contributed by atoms with Crippen LogP contribution in [0, 0.1) is 0 Å². The van der Waals surface area contributed by atoms with Crippen molar-refractivity contribution in [2.45, 2.75) is 76.8 Å². The quantitative estimate of drug-likeness (QED) is 0.137. The average molecular weight is 453 g/mol. The summed E-state index contributed by atoms with van der Waals surface area (Å²) in [7, 11) is 4.00. The Morgan fingerprint density at radius 1 is 0.733 bits per heavy atom. The average Bonchev–Trinajstić information content (AvgIpc) is 2.65. The molecule has 0 rings (SSSR count). The van der Waals surface area contributed by atoms with E-state index in [9.17, 15) is 19.8 Å². The number of rotatable bonds is 19. The summed E-state index contributed by atoms with van der Waals surface area (Å²) < 4.78 is 6.79. The van der Waals surface area contributed by atoms with Crippen molar-refractivity contribution in [1.82, 2.24) is 0 Å². The predicted octanol–water partition coefficient (Wildman–Crippen LogP) is 1.96. The van der Waals surface area contributed by atoms with E-state index >= 15 is 0 Å². The highest BCUT2D eigenvalue weighted by atomic mass is 28.4. The van der Waals surface area contributed by atoms with Crippen LogP contribution < -0.4 is 0 Å². The lowest BCUT2D eigenvalue weighted by molar-refractivity contribution is -0.925. The van der Waals surface area contributed by atoms with Crippen LogP contribution in [0.5, 0.6) is 0 Å². The summed E-state index contributed by atoms with van der Waals surface area (Å²) in [5.41, 5.74) is -0.965. The molecule has 0 aromatic carbocycles. The number of aliphatic hydroxyl groups excluding tert-OH is 2. The largest absolute Gasteiger partial charge is 0.495 e. The first kappa shape index (κ1) is 29.9. The van der Waals surface area contributed by atoms with Crippen molar-refractivity contribution < 1.29 is 33.2 Å². The molecule has 0 aliphatic heterocycles. The number of quaternary nitrogens is 2. The fraction of sp³-hybridized carbons (Fsp3) is 1.00. The lowest BCUT2D eigenvalue weighted by Crippen LogP contribution is -2.65. The van der Waals surface area contributed by atoms with E-state index in [2.05, 4.69) is 20.9 Å². The van der Waals surface area contributed by atoms with E-state index in [1.165, 1.54) is 44.9 Å². The van der Waals surface area contributed by atoms with Crippen LogP contribution in [0.15, 0.2) is 0 Å². The molecule has 0 radical (unpaired) electrons. The molecule has 30 heavy (non-hydrogen) atoms. The molecular formula is C22H52N2O5Si+2. The van der Waals surface area contributed by atoms with E-state index in [-0.39, 0.29) is 30.3 Å². The molecule has 4 N–H and O–H groups in total. The lowest BCUT2D eigenvalue weighted by atomic mass is 9.99. The Balaban J connectivity index is 4.76. The second-order valence-electron chi connectivity index (χ2n) is 10.2. The molecule has 1 unspecified atom stereocenters. The Hall–Kier alpha value is -0.0631. The molecule has 0 saturated heterocycles. The first-order valence-corrected chi connectivity index (χ1v) is 13.9. The Labute approximate surface area is 186 Å². The third-order valence-electron chi connectivity index (χ3n) is 6.64. The fourth-order valence-electron chi connectivity index (χ4n) is 3.77. The smallest absolute Gasteiger partial charge is 0.390 e. The van der Waals surface area contributed by atoms with Gasteiger partial charge in [-0.2, -0.15) is 0 Å². The highest BCUT2D eigenvalue weighted by Gasteiger charge is 2.46. The maximum Gasteiger partial charge on any atom is 0.495 e. The molecule has 1 atom stereocenters. The normalized spacial score (nSPS) is 15.4. The van der Waals surface area contributed by atoms with Gasteiger partial charge in [-0.3, -0.25) is 0 Å². The lowest BCUT2D eigenvalue weighted by Gasteiger charge is -2.44. The van der Waals surface area contributed by atoms with Crippen molar-refractivity contribution in [2.24, 2.45) is 0 Å². The zero-order chi connectivity index (χ0) is 23.3. The van der Waals surface area contributed by atoms with Gasteiger partial charge in [0.25, 0.3) is 0 Å². The van der Waals surface area contributed by atoms with Crippen LogP contribution in [0.4, 0.5) is 0 Å². The van der Waals surface area contributed by atoms with Crippen LogP contribution in [0.1, 0.15) is 65.2 Å². The van der Waals surface area contributed by atoms with Crippen molar-refractivity contribution in [1.29, 1.82) is 0 Å². The third kappa shape index (κ3) is 11.0. The van der Waals surface area contributed by atoms with Crippen LogP contribution in [0.2, 0.25) is 6.04 Å². The molecule has 0 heterocycles. The van der Waals surface area contributed by atoms with Gasteiger partial charge in [0, 0.05) is 12.5 Å². The summed E-state index contributed by atoms with van der Waals surface area (Å²) in [5, 5.41) is 19.6. The minimum atomic E-state index is -3.85. The monoisotopic (exact) mass is 452 g/mol. The standard InChI is InChI=1S/C22H52N2O5Si/c1-7-9-11-13-16-24(6,15-12-10-8-2)17-14-18-30(27,28)29-21-22(19-25,20-26)23(3,4)5/h25-28H,7-21H2,1-6H3/q+2. The van der Waals surface area contributed by atoms with Gasteiger partial charge in [0.2, 0.25) is 0 Å². The minimum absolute atomic E-state index is 0.0810. The van der Waals surface area contributed by atoms with Crippen LogP contribution in [-0.2, 0) is 4.43 Å². The number of hydrogen-bond acceptors (Lipinski definition) is 5. The Kier molecular flexibility index (Phi) is 14.1. The zero-order valence-corrected chi connectivity index (χ0v) is 21.7. The highest BCUT2D eigenvalue weighted by Crippen LogP contribution is 2.22. The summed E-state index contributed by atoms with van der Waals surface area (Å²) in [6.07, 6.45) is 9.33. The number of unbranched alkanes of at least 4 members (excludes halogenated alkanes) is 5.